The highest BCUT2D eigenvalue weighted by Crippen LogP contribution is 2.04. The van der Waals surface area contributed by atoms with Gasteiger partial charge in [0.15, 0.2) is 0 Å². The highest BCUT2D eigenvalue weighted by molar-refractivity contribution is 6.02. The van der Waals surface area contributed by atoms with Crippen LogP contribution in [0.5, 0.6) is 0 Å². The van der Waals surface area contributed by atoms with E-state index in [9.17, 15) is 14.4 Å². The van der Waals surface area contributed by atoms with Gasteiger partial charge in [-0.15, -0.1) is 0 Å². The van der Waals surface area contributed by atoms with Gasteiger partial charge < -0.3 is 10.0 Å². The molecule has 0 rings (SSSR count). The molecular formula is C13H22N2O4. The van der Waals surface area contributed by atoms with Gasteiger partial charge in [-0.1, -0.05) is 27.7 Å². The maximum absolute atomic E-state index is 11.9. The van der Waals surface area contributed by atoms with E-state index in [-0.39, 0.29) is 11.8 Å². The second-order valence-corrected chi connectivity index (χ2v) is 5.16. The molecule has 0 fully saturated rings. The quantitative estimate of drug-likeness (QED) is 0.716. The lowest BCUT2D eigenvalue weighted by Crippen LogP contribution is -2.45. The first kappa shape index (κ1) is 17.2. The van der Waals surface area contributed by atoms with Crippen molar-refractivity contribution >= 4 is 17.9 Å². The SMILES string of the molecule is CC(C)CN(CC(C)C)C(=O)NC(=O)C=CC(=O)O. The summed E-state index contributed by atoms with van der Waals surface area (Å²) in [6, 6.07) is -0.498. The molecule has 6 nitrogen and oxygen atoms in total. The summed E-state index contributed by atoms with van der Waals surface area (Å²) in [5.41, 5.74) is 0. The summed E-state index contributed by atoms with van der Waals surface area (Å²) in [6.07, 6.45) is 1.51. The first-order valence-corrected chi connectivity index (χ1v) is 6.23. The van der Waals surface area contributed by atoms with E-state index in [0.717, 1.165) is 6.08 Å². The van der Waals surface area contributed by atoms with E-state index < -0.39 is 17.9 Å². The maximum atomic E-state index is 11.9. The molecule has 0 saturated carbocycles. The monoisotopic (exact) mass is 270 g/mol. The minimum absolute atomic E-state index is 0.286. The zero-order chi connectivity index (χ0) is 15.0. The molecule has 0 aromatic heterocycles. The van der Waals surface area contributed by atoms with Crippen LogP contribution in [0.3, 0.4) is 0 Å². The Balaban J connectivity index is 4.54. The summed E-state index contributed by atoms with van der Waals surface area (Å²) in [5.74, 6) is -1.39. The van der Waals surface area contributed by atoms with Crippen molar-refractivity contribution in [3.8, 4) is 0 Å². The lowest BCUT2D eigenvalue weighted by atomic mass is 10.1. The Morgan fingerprint density at radius 1 is 1.05 bits per heavy atom. The van der Waals surface area contributed by atoms with Crippen molar-refractivity contribution < 1.29 is 19.5 Å². The van der Waals surface area contributed by atoms with E-state index >= 15 is 0 Å². The fraction of sp³-hybridized carbons (Fsp3) is 0.615. The molecule has 3 amide bonds. The molecular weight excluding hydrogens is 248 g/mol. The van der Waals surface area contributed by atoms with E-state index in [1.807, 2.05) is 27.7 Å². The van der Waals surface area contributed by atoms with Crippen molar-refractivity contribution in [1.29, 1.82) is 0 Å². The molecule has 0 bridgehead atoms. The second-order valence-electron chi connectivity index (χ2n) is 5.16. The normalized spacial score (nSPS) is 11.1. The summed E-state index contributed by atoms with van der Waals surface area (Å²) in [4.78, 5) is 35.0. The average Bonchev–Trinajstić information content (AvgIpc) is 2.24. The van der Waals surface area contributed by atoms with E-state index in [4.69, 9.17) is 5.11 Å². The molecule has 0 atom stereocenters. The van der Waals surface area contributed by atoms with Crippen molar-refractivity contribution in [1.82, 2.24) is 10.2 Å². The molecule has 19 heavy (non-hydrogen) atoms. The molecule has 2 N–H and O–H groups in total. The van der Waals surface area contributed by atoms with Crippen LogP contribution >= 0.6 is 0 Å². The number of hydrogen-bond acceptors (Lipinski definition) is 3. The maximum Gasteiger partial charge on any atom is 0.328 e. The third kappa shape index (κ3) is 8.82. The number of carboxylic acids is 1. The molecule has 0 saturated heterocycles. The number of carbonyl (C=O) groups is 3. The highest BCUT2D eigenvalue weighted by Gasteiger charge is 2.17. The number of nitrogens with one attached hydrogen (secondary N) is 1. The average molecular weight is 270 g/mol. The Morgan fingerprint density at radius 2 is 1.53 bits per heavy atom. The molecule has 0 aromatic rings. The van der Waals surface area contributed by atoms with E-state index in [2.05, 4.69) is 5.32 Å². The van der Waals surface area contributed by atoms with Gasteiger partial charge in [-0.25, -0.2) is 9.59 Å². The van der Waals surface area contributed by atoms with Gasteiger partial charge in [-0.3, -0.25) is 10.1 Å². The fourth-order valence-corrected chi connectivity index (χ4v) is 1.49. The molecule has 0 spiro atoms. The second kappa shape index (κ2) is 8.29. The van der Waals surface area contributed by atoms with Crippen molar-refractivity contribution in [2.75, 3.05) is 13.1 Å². The number of carbonyl (C=O) groups excluding carboxylic acids is 2. The van der Waals surface area contributed by atoms with Gasteiger partial charge in [0.05, 0.1) is 0 Å². The number of nitrogens with zero attached hydrogens (tertiary/aromatic N) is 1. The summed E-state index contributed by atoms with van der Waals surface area (Å²) < 4.78 is 0. The summed E-state index contributed by atoms with van der Waals surface area (Å²) >= 11 is 0. The van der Waals surface area contributed by atoms with Gasteiger partial charge in [0.2, 0.25) is 0 Å². The van der Waals surface area contributed by atoms with Gasteiger partial charge in [0.25, 0.3) is 5.91 Å². The van der Waals surface area contributed by atoms with Crippen LogP contribution in [0, 0.1) is 11.8 Å². The van der Waals surface area contributed by atoms with Crippen molar-refractivity contribution in [2.45, 2.75) is 27.7 Å². The third-order valence-electron chi connectivity index (χ3n) is 2.07. The van der Waals surface area contributed by atoms with E-state index in [1.165, 1.54) is 0 Å². The van der Waals surface area contributed by atoms with Crippen molar-refractivity contribution in [3.63, 3.8) is 0 Å². The fourth-order valence-electron chi connectivity index (χ4n) is 1.49. The van der Waals surface area contributed by atoms with Gasteiger partial charge in [0.1, 0.15) is 0 Å². The Kier molecular flexibility index (Phi) is 7.48. The number of amides is 3. The molecule has 108 valence electrons. The Bertz CT molecular complexity index is 352. The van der Waals surface area contributed by atoms with Crippen molar-refractivity contribution in [2.24, 2.45) is 11.8 Å². The number of aliphatic carboxylic acids is 1. The van der Waals surface area contributed by atoms with Gasteiger partial charge in [-0.05, 0) is 11.8 Å². The predicted molar refractivity (Wildman–Crippen MR) is 71.6 cm³/mol. The number of rotatable bonds is 6. The van der Waals surface area contributed by atoms with Crippen LogP contribution in [-0.4, -0.2) is 41.0 Å². The molecule has 0 unspecified atom stereocenters. The van der Waals surface area contributed by atoms with Crippen LogP contribution in [0.1, 0.15) is 27.7 Å². The van der Waals surface area contributed by atoms with E-state index in [1.54, 1.807) is 4.90 Å². The molecule has 0 aliphatic heterocycles. The minimum Gasteiger partial charge on any atom is -0.478 e. The van der Waals surface area contributed by atoms with Crippen LogP contribution < -0.4 is 5.32 Å². The highest BCUT2D eigenvalue weighted by atomic mass is 16.4. The Labute approximate surface area is 113 Å². The lowest BCUT2D eigenvalue weighted by molar-refractivity contribution is -0.131. The number of hydrogen-bond donors (Lipinski definition) is 2. The van der Waals surface area contributed by atoms with Crippen LogP contribution in [0.25, 0.3) is 0 Å². The first-order chi connectivity index (χ1) is 8.72. The standard InChI is InChI=1S/C13H22N2O4/c1-9(2)7-15(8-10(3)4)13(19)14-11(16)5-6-12(17)18/h5-6,9-10H,7-8H2,1-4H3,(H,17,18)(H,14,16,19). The number of urea groups is 1. The summed E-state index contributed by atoms with van der Waals surface area (Å²) in [5, 5.41) is 10.5. The number of imide groups is 1. The van der Waals surface area contributed by atoms with Crippen LogP contribution in [-0.2, 0) is 9.59 Å². The van der Waals surface area contributed by atoms with Gasteiger partial charge >= 0.3 is 12.0 Å². The predicted octanol–water partition coefficient (Wildman–Crippen LogP) is 1.48. The minimum atomic E-state index is -1.23. The first-order valence-electron chi connectivity index (χ1n) is 6.23. The van der Waals surface area contributed by atoms with E-state index in [0.29, 0.717) is 19.2 Å². The Hall–Kier alpha value is -1.85. The van der Waals surface area contributed by atoms with Gasteiger partial charge in [0, 0.05) is 25.2 Å². The van der Waals surface area contributed by atoms with Crippen LogP contribution in [0.4, 0.5) is 4.79 Å². The molecule has 0 aliphatic rings. The molecule has 0 aromatic carbocycles. The van der Waals surface area contributed by atoms with Crippen molar-refractivity contribution in [3.05, 3.63) is 12.2 Å². The summed E-state index contributed by atoms with van der Waals surface area (Å²) in [6.45, 7) is 9.00. The third-order valence-corrected chi connectivity index (χ3v) is 2.07. The lowest BCUT2D eigenvalue weighted by Gasteiger charge is -2.25. The van der Waals surface area contributed by atoms with Gasteiger partial charge in [-0.2, -0.15) is 0 Å². The topological polar surface area (TPSA) is 86.7 Å². The zero-order valence-corrected chi connectivity index (χ0v) is 11.8. The van der Waals surface area contributed by atoms with Crippen LogP contribution in [0.2, 0.25) is 0 Å². The molecule has 0 radical (unpaired) electrons. The smallest absolute Gasteiger partial charge is 0.328 e. The Morgan fingerprint density at radius 3 is 1.89 bits per heavy atom. The molecule has 0 heterocycles. The molecule has 6 heteroatoms. The largest absolute Gasteiger partial charge is 0.478 e. The summed E-state index contributed by atoms with van der Waals surface area (Å²) in [7, 11) is 0. The zero-order valence-electron chi connectivity index (χ0n) is 11.8. The molecule has 0 aliphatic carbocycles. The van der Waals surface area contributed by atoms with Crippen LogP contribution in [0.15, 0.2) is 12.2 Å². The number of carboxylic acid groups (broad SMARTS) is 1.